The van der Waals surface area contributed by atoms with Crippen LogP contribution in [0.1, 0.15) is 6.42 Å². The van der Waals surface area contributed by atoms with E-state index in [0.29, 0.717) is 5.73 Å². The van der Waals surface area contributed by atoms with Crippen molar-refractivity contribution in [3.8, 4) is 0 Å². The topological polar surface area (TPSA) is 9.23 Å². The molecule has 0 aromatic carbocycles. The molecule has 0 aliphatic heterocycles. The van der Waals surface area contributed by atoms with Gasteiger partial charge in [-0.15, -0.1) is 0 Å². The van der Waals surface area contributed by atoms with Crippen LogP contribution >= 0.6 is 0 Å². The smallest absolute Gasteiger partial charge is 0.183 e. The maximum Gasteiger partial charge on any atom is 0.183 e. The molecule has 1 radical (unpaired) electrons. The zero-order chi connectivity index (χ0) is 8.20. The highest BCUT2D eigenvalue weighted by Gasteiger charge is 2.18. The van der Waals surface area contributed by atoms with Crippen molar-refractivity contribution < 1.29 is 4.43 Å². The van der Waals surface area contributed by atoms with Gasteiger partial charge in [0.25, 0.3) is 0 Å². The molecule has 0 aromatic heterocycles. The highest BCUT2D eigenvalue weighted by molar-refractivity contribution is 6.70. The average molecular weight is 175 g/mol. The highest BCUT2D eigenvalue weighted by Crippen LogP contribution is 2.08. The highest BCUT2D eigenvalue weighted by atomic mass is 28.4. The van der Waals surface area contributed by atoms with E-state index >= 15 is 0 Å². The van der Waals surface area contributed by atoms with E-state index in [1.54, 1.807) is 0 Å². The van der Waals surface area contributed by atoms with Crippen molar-refractivity contribution in [3.63, 3.8) is 0 Å². The van der Waals surface area contributed by atoms with Crippen LogP contribution in [0.25, 0.3) is 0 Å². The van der Waals surface area contributed by atoms with Crippen LogP contribution in [0, 0.1) is 6.92 Å². The molecular formula is C7H19OSi2. The Balaban J connectivity index is 3.63. The maximum atomic E-state index is 5.87. The molecule has 0 heterocycles. The molecule has 0 saturated heterocycles. The van der Waals surface area contributed by atoms with Crippen molar-refractivity contribution in [2.45, 2.75) is 38.3 Å². The summed E-state index contributed by atoms with van der Waals surface area (Å²) in [6.07, 6.45) is 0.965. The molecular weight excluding hydrogens is 156 g/mol. The van der Waals surface area contributed by atoms with Crippen molar-refractivity contribution in [1.29, 1.82) is 0 Å². The summed E-state index contributed by atoms with van der Waals surface area (Å²) in [5, 5.41) is 0. The Hall–Kier alpha value is 0.394. The Bertz CT molecular complexity index is 84.1. The minimum Gasteiger partial charge on any atom is -0.418 e. The van der Waals surface area contributed by atoms with Crippen LogP contribution in [-0.2, 0) is 4.43 Å². The maximum absolute atomic E-state index is 5.87. The van der Waals surface area contributed by atoms with Crippen molar-refractivity contribution in [1.82, 2.24) is 0 Å². The fourth-order valence-electron chi connectivity index (χ4n) is 0.846. The van der Waals surface area contributed by atoms with Gasteiger partial charge in [-0.25, -0.2) is 0 Å². The van der Waals surface area contributed by atoms with E-state index < -0.39 is 8.32 Å². The lowest BCUT2D eigenvalue weighted by Gasteiger charge is -2.24. The molecule has 0 N–H and O–H groups in total. The molecule has 0 saturated carbocycles. The number of rotatable bonds is 4. The summed E-state index contributed by atoms with van der Waals surface area (Å²) in [7, 11) is -1.27. The van der Waals surface area contributed by atoms with Gasteiger partial charge in [0.15, 0.2) is 8.32 Å². The lowest BCUT2D eigenvalue weighted by atomic mass is 10.5. The van der Waals surface area contributed by atoms with Crippen molar-refractivity contribution in [2.24, 2.45) is 0 Å². The predicted octanol–water partition coefficient (Wildman–Crippen LogP) is 1.61. The van der Waals surface area contributed by atoms with Crippen LogP contribution in [0.15, 0.2) is 0 Å². The van der Waals surface area contributed by atoms with E-state index in [2.05, 4.69) is 33.1 Å². The summed E-state index contributed by atoms with van der Waals surface area (Å²) >= 11 is 0. The summed E-state index contributed by atoms with van der Waals surface area (Å²) in [4.78, 5) is 0. The van der Waals surface area contributed by atoms with Crippen LogP contribution < -0.4 is 0 Å². The summed E-state index contributed by atoms with van der Waals surface area (Å²) < 4.78 is 5.87. The summed E-state index contributed by atoms with van der Waals surface area (Å²) in [5.41, 5.74) is 0.534. The lowest BCUT2D eigenvalue weighted by Crippen LogP contribution is -2.34. The van der Waals surface area contributed by atoms with Crippen LogP contribution in [0.2, 0.25) is 26.2 Å². The third kappa shape index (κ3) is 5.20. The Morgan fingerprint density at radius 2 is 2.00 bits per heavy atom. The first-order valence-electron chi connectivity index (χ1n) is 3.96. The van der Waals surface area contributed by atoms with Gasteiger partial charge in [-0.2, -0.15) is 0 Å². The van der Waals surface area contributed by atoms with E-state index in [4.69, 9.17) is 4.43 Å². The van der Waals surface area contributed by atoms with Crippen LogP contribution in [0.3, 0.4) is 0 Å². The van der Waals surface area contributed by atoms with Crippen molar-refractivity contribution in [2.75, 3.05) is 0 Å². The van der Waals surface area contributed by atoms with Gasteiger partial charge >= 0.3 is 0 Å². The van der Waals surface area contributed by atoms with Gasteiger partial charge in [0.1, 0.15) is 0 Å². The third-order valence-electron chi connectivity index (χ3n) is 1.30. The van der Waals surface area contributed by atoms with Gasteiger partial charge in [-0.3, -0.25) is 0 Å². The first-order chi connectivity index (χ1) is 4.49. The minimum atomic E-state index is -1.27. The summed E-state index contributed by atoms with van der Waals surface area (Å²) in [6, 6.07) is 0. The molecule has 1 unspecified atom stereocenters. The number of hydrogen-bond acceptors (Lipinski definition) is 1. The number of hydrogen-bond donors (Lipinski definition) is 0. The lowest BCUT2D eigenvalue weighted by molar-refractivity contribution is 0.273. The fourth-order valence-corrected chi connectivity index (χ4v) is 4.54. The predicted molar refractivity (Wildman–Crippen MR) is 52.6 cm³/mol. The van der Waals surface area contributed by atoms with Gasteiger partial charge < -0.3 is 4.43 Å². The van der Waals surface area contributed by atoms with Crippen LogP contribution in [0.4, 0.5) is 0 Å². The second-order valence-corrected chi connectivity index (χ2v) is 9.74. The van der Waals surface area contributed by atoms with Gasteiger partial charge in [0, 0.05) is 5.73 Å². The van der Waals surface area contributed by atoms with E-state index in [1.807, 2.05) is 0 Å². The molecule has 0 fully saturated rings. The summed E-state index contributed by atoms with van der Waals surface area (Å²) in [6.45, 7) is 12.9. The summed E-state index contributed by atoms with van der Waals surface area (Å²) in [5.74, 6) is 0. The molecule has 0 aliphatic carbocycles. The SMILES string of the molecule is [CH2]CC(O[Si](C)(C)C)[SiH2]C. The monoisotopic (exact) mass is 175 g/mol. The van der Waals surface area contributed by atoms with E-state index in [0.717, 1.165) is 6.42 Å². The standard InChI is InChI=1S/C7H19OSi2/c1-6-7(9-2)8-10(3,4)5/h7H,1,6,9H2,2-5H3. The molecule has 61 valence electrons. The molecule has 1 nitrogen and oxygen atoms in total. The Morgan fingerprint density at radius 3 is 2.10 bits per heavy atom. The zero-order valence-corrected chi connectivity index (χ0v) is 10.0. The minimum absolute atomic E-state index is 0.00186. The molecule has 3 heteroatoms. The first kappa shape index (κ1) is 10.4. The Kier molecular flexibility index (Phi) is 4.48. The van der Waals surface area contributed by atoms with Crippen molar-refractivity contribution >= 4 is 17.8 Å². The molecule has 0 aromatic rings. The van der Waals surface area contributed by atoms with Gasteiger partial charge in [-0.05, 0) is 26.1 Å². The zero-order valence-electron chi connectivity index (χ0n) is 7.61. The van der Waals surface area contributed by atoms with Gasteiger partial charge in [-0.1, -0.05) is 13.5 Å². The second kappa shape index (κ2) is 4.31. The first-order valence-corrected chi connectivity index (χ1v) is 9.60. The molecule has 1 atom stereocenters. The average Bonchev–Trinajstić information content (AvgIpc) is 1.81. The normalized spacial score (nSPS) is 16.5. The largest absolute Gasteiger partial charge is 0.418 e. The third-order valence-corrected chi connectivity index (χ3v) is 4.16. The second-order valence-electron chi connectivity index (χ2n) is 3.55. The fraction of sp³-hybridized carbons (Fsp3) is 0.857. The molecule has 0 rings (SSSR count). The van der Waals surface area contributed by atoms with Gasteiger partial charge in [0.2, 0.25) is 0 Å². The Morgan fingerprint density at radius 1 is 1.50 bits per heavy atom. The molecule has 0 bridgehead atoms. The van der Waals surface area contributed by atoms with E-state index in [1.165, 1.54) is 0 Å². The van der Waals surface area contributed by atoms with E-state index in [-0.39, 0.29) is 9.52 Å². The molecule has 0 spiro atoms. The van der Waals surface area contributed by atoms with Crippen molar-refractivity contribution in [3.05, 3.63) is 6.92 Å². The molecule has 0 aliphatic rings. The van der Waals surface area contributed by atoms with Gasteiger partial charge in [0.05, 0.1) is 9.52 Å². The molecule has 10 heavy (non-hydrogen) atoms. The van der Waals surface area contributed by atoms with Crippen LogP contribution in [-0.4, -0.2) is 23.6 Å². The van der Waals surface area contributed by atoms with E-state index in [9.17, 15) is 0 Å². The molecule has 0 amide bonds. The van der Waals surface area contributed by atoms with Crippen LogP contribution in [0.5, 0.6) is 0 Å². The Labute approximate surface area is 68.1 Å². The quantitative estimate of drug-likeness (QED) is 0.590.